The van der Waals surface area contributed by atoms with Crippen LogP contribution in [0.4, 0.5) is 5.69 Å². The number of benzene rings is 1. The van der Waals surface area contributed by atoms with Crippen molar-refractivity contribution in [1.82, 2.24) is 0 Å². The fourth-order valence-corrected chi connectivity index (χ4v) is 2.73. The Balaban J connectivity index is 2.18. The van der Waals surface area contributed by atoms with E-state index >= 15 is 0 Å². The van der Waals surface area contributed by atoms with Crippen molar-refractivity contribution in [3.63, 3.8) is 0 Å². The Hall–Kier alpha value is -0.450. The summed E-state index contributed by atoms with van der Waals surface area (Å²) in [5.74, 6) is 0.988. The summed E-state index contributed by atoms with van der Waals surface area (Å²) >= 11 is 2.31. The number of halogens is 1. The first kappa shape index (κ1) is 12.0. The monoisotopic (exact) mass is 331 g/mol. The SMILES string of the molecule is COc1cc(N2CCCCCC2)ccc1I. The van der Waals surface area contributed by atoms with Crippen LogP contribution < -0.4 is 9.64 Å². The molecule has 0 saturated carbocycles. The van der Waals surface area contributed by atoms with Crippen LogP contribution in [0.5, 0.6) is 5.75 Å². The number of rotatable bonds is 2. The quantitative estimate of drug-likeness (QED) is 0.767. The second kappa shape index (κ2) is 5.75. The van der Waals surface area contributed by atoms with Crippen LogP contribution in [-0.4, -0.2) is 20.2 Å². The lowest BCUT2D eigenvalue weighted by Crippen LogP contribution is -2.23. The molecule has 0 aliphatic carbocycles. The molecule has 0 N–H and O–H groups in total. The molecule has 2 rings (SSSR count). The third kappa shape index (κ3) is 2.81. The summed E-state index contributed by atoms with van der Waals surface area (Å²) in [6.45, 7) is 2.37. The molecule has 0 spiro atoms. The maximum atomic E-state index is 5.37. The highest BCUT2D eigenvalue weighted by Crippen LogP contribution is 2.28. The molecule has 16 heavy (non-hydrogen) atoms. The van der Waals surface area contributed by atoms with Crippen LogP contribution in [0.1, 0.15) is 25.7 Å². The van der Waals surface area contributed by atoms with Gasteiger partial charge in [-0.25, -0.2) is 0 Å². The maximum Gasteiger partial charge on any atom is 0.134 e. The van der Waals surface area contributed by atoms with Crippen LogP contribution >= 0.6 is 22.6 Å². The minimum atomic E-state index is 0.988. The third-order valence-electron chi connectivity index (χ3n) is 3.11. The van der Waals surface area contributed by atoms with Gasteiger partial charge in [-0.1, -0.05) is 12.8 Å². The van der Waals surface area contributed by atoms with Crippen LogP contribution in [0.15, 0.2) is 18.2 Å². The second-order valence-corrected chi connectivity index (χ2v) is 5.38. The minimum Gasteiger partial charge on any atom is -0.496 e. The highest BCUT2D eigenvalue weighted by Gasteiger charge is 2.11. The van der Waals surface area contributed by atoms with E-state index in [1.54, 1.807) is 7.11 Å². The number of anilines is 1. The molecule has 1 heterocycles. The second-order valence-electron chi connectivity index (χ2n) is 4.22. The van der Waals surface area contributed by atoms with Gasteiger partial charge >= 0.3 is 0 Å². The van der Waals surface area contributed by atoms with Crippen molar-refractivity contribution >= 4 is 28.3 Å². The lowest BCUT2D eigenvalue weighted by atomic mass is 10.2. The average molecular weight is 331 g/mol. The van der Waals surface area contributed by atoms with Gasteiger partial charge in [-0.3, -0.25) is 0 Å². The molecule has 0 radical (unpaired) electrons. The fraction of sp³-hybridized carbons (Fsp3) is 0.538. The molecule has 3 heteroatoms. The molecular formula is C13H18INO. The van der Waals surface area contributed by atoms with E-state index in [2.05, 4.69) is 45.7 Å². The summed E-state index contributed by atoms with van der Waals surface area (Å²) < 4.78 is 6.55. The molecule has 1 aromatic carbocycles. The molecule has 0 unspecified atom stereocenters. The zero-order valence-corrected chi connectivity index (χ0v) is 11.9. The molecule has 0 amide bonds. The van der Waals surface area contributed by atoms with Crippen LogP contribution in [0.2, 0.25) is 0 Å². The number of methoxy groups -OCH3 is 1. The lowest BCUT2D eigenvalue weighted by Gasteiger charge is -2.23. The first-order valence-corrected chi connectivity index (χ1v) is 6.97. The van der Waals surface area contributed by atoms with E-state index in [1.807, 2.05) is 0 Å². The summed E-state index contributed by atoms with van der Waals surface area (Å²) in [4.78, 5) is 2.48. The van der Waals surface area contributed by atoms with Crippen molar-refractivity contribution in [2.24, 2.45) is 0 Å². The van der Waals surface area contributed by atoms with Gasteiger partial charge in [0.1, 0.15) is 5.75 Å². The Morgan fingerprint density at radius 1 is 1.12 bits per heavy atom. The largest absolute Gasteiger partial charge is 0.496 e. The Bertz CT molecular complexity index is 346. The zero-order chi connectivity index (χ0) is 11.4. The third-order valence-corrected chi connectivity index (χ3v) is 4.00. The maximum absolute atomic E-state index is 5.37. The molecule has 0 atom stereocenters. The van der Waals surface area contributed by atoms with Crippen molar-refractivity contribution in [3.8, 4) is 5.75 Å². The van der Waals surface area contributed by atoms with Gasteiger partial charge in [0.05, 0.1) is 10.7 Å². The van der Waals surface area contributed by atoms with Gasteiger partial charge in [0.15, 0.2) is 0 Å². The minimum absolute atomic E-state index is 0.988. The summed E-state index contributed by atoms with van der Waals surface area (Å²) in [6.07, 6.45) is 5.37. The first-order valence-electron chi connectivity index (χ1n) is 5.90. The van der Waals surface area contributed by atoms with Crippen molar-refractivity contribution in [1.29, 1.82) is 0 Å². The Morgan fingerprint density at radius 3 is 2.44 bits per heavy atom. The summed E-state index contributed by atoms with van der Waals surface area (Å²) in [5, 5.41) is 0. The normalized spacial score (nSPS) is 17.0. The van der Waals surface area contributed by atoms with E-state index in [4.69, 9.17) is 4.74 Å². The van der Waals surface area contributed by atoms with Gasteiger partial charge in [-0.2, -0.15) is 0 Å². The van der Waals surface area contributed by atoms with Crippen LogP contribution in [0.25, 0.3) is 0 Å². The number of nitrogens with zero attached hydrogens (tertiary/aromatic N) is 1. The van der Waals surface area contributed by atoms with Gasteiger partial charge in [-0.15, -0.1) is 0 Å². The zero-order valence-electron chi connectivity index (χ0n) is 9.71. The van der Waals surface area contributed by atoms with Crippen LogP contribution in [-0.2, 0) is 0 Å². The molecule has 0 bridgehead atoms. The summed E-state index contributed by atoms with van der Waals surface area (Å²) in [5.41, 5.74) is 1.30. The van der Waals surface area contributed by atoms with E-state index in [0.717, 1.165) is 5.75 Å². The van der Waals surface area contributed by atoms with Gasteiger partial charge < -0.3 is 9.64 Å². The first-order chi connectivity index (χ1) is 7.81. The molecule has 1 aromatic rings. The molecule has 2 nitrogen and oxygen atoms in total. The lowest BCUT2D eigenvalue weighted by molar-refractivity contribution is 0.412. The van der Waals surface area contributed by atoms with Crippen LogP contribution in [0.3, 0.4) is 0 Å². The van der Waals surface area contributed by atoms with E-state index in [0.29, 0.717) is 0 Å². The van der Waals surface area contributed by atoms with E-state index < -0.39 is 0 Å². The smallest absolute Gasteiger partial charge is 0.134 e. The standard InChI is InChI=1S/C13H18INO/c1-16-13-10-11(6-7-12(13)14)15-8-4-2-3-5-9-15/h6-7,10H,2-5,8-9H2,1H3. The number of hydrogen-bond acceptors (Lipinski definition) is 2. The summed E-state index contributed by atoms with van der Waals surface area (Å²) in [6, 6.07) is 6.50. The van der Waals surface area contributed by atoms with Gasteiger partial charge in [0.2, 0.25) is 0 Å². The summed E-state index contributed by atoms with van der Waals surface area (Å²) in [7, 11) is 1.74. The molecule has 1 fully saturated rings. The number of ether oxygens (including phenoxy) is 1. The van der Waals surface area contributed by atoms with Crippen molar-refractivity contribution < 1.29 is 4.74 Å². The highest BCUT2D eigenvalue weighted by molar-refractivity contribution is 14.1. The number of hydrogen-bond donors (Lipinski definition) is 0. The molecule has 0 aromatic heterocycles. The van der Waals surface area contributed by atoms with Gasteiger partial charge in [-0.05, 0) is 47.6 Å². The highest BCUT2D eigenvalue weighted by atomic mass is 127. The Labute approximate surface area is 111 Å². The molecular weight excluding hydrogens is 313 g/mol. The van der Waals surface area contributed by atoms with Crippen molar-refractivity contribution in [2.45, 2.75) is 25.7 Å². The predicted molar refractivity (Wildman–Crippen MR) is 76.4 cm³/mol. The Kier molecular flexibility index (Phi) is 4.32. The van der Waals surface area contributed by atoms with E-state index in [-0.39, 0.29) is 0 Å². The average Bonchev–Trinajstić information content (AvgIpc) is 2.58. The van der Waals surface area contributed by atoms with Crippen molar-refractivity contribution in [2.75, 3.05) is 25.1 Å². The molecule has 1 aliphatic heterocycles. The fourth-order valence-electron chi connectivity index (χ4n) is 2.17. The van der Waals surface area contributed by atoms with Crippen molar-refractivity contribution in [3.05, 3.63) is 21.8 Å². The van der Waals surface area contributed by atoms with Gasteiger partial charge in [0.25, 0.3) is 0 Å². The van der Waals surface area contributed by atoms with Gasteiger partial charge in [0, 0.05) is 24.8 Å². The topological polar surface area (TPSA) is 12.5 Å². The van der Waals surface area contributed by atoms with E-state index in [1.165, 1.54) is 48.0 Å². The predicted octanol–water partition coefficient (Wildman–Crippen LogP) is 3.68. The Morgan fingerprint density at radius 2 is 1.81 bits per heavy atom. The molecule has 1 saturated heterocycles. The molecule has 88 valence electrons. The van der Waals surface area contributed by atoms with Crippen LogP contribution in [0, 0.1) is 3.57 Å². The van der Waals surface area contributed by atoms with E-state index in [9.17, 15) is 0 Å². The molecule has 1 aliphatic rings.